The van der Waals surface area contributed by atoms with Crippen LogP contribution in [0.2, 0.25) is 10.0 Å². The number of ether oxygens (including phenoxy) is 1. The van der Waals surface area contributed by atoms with E-state index in [1.165, 1.54) is 6.07 Å². The second-order valence-corrected chi connectivity index (χ2v) is 10.3. The molecule has 0 heterocycles. The number of rotatable bonds is 10. The molecule has 0 aromatic heterocycles. The Balaban J connectivity index is 1.59. The van der Waals surface area contributed by atoms with E-state index in [1.807, 2.05) is 45.0 Å². The van der Waals surface area contributed by atoms with Crippen LogP contribution in [0.3, 0.4) is 0 Å². The Morgan fingerprint density at radius 1 is 0.944 bits per heavy atom. The van der Waals surface area contributed by atoms with Crippen LogP contribution < -0.4 is 5.32 Å². The summed E-state index contributed by atoms with van der Waals surface area (Å²) in [6.45, 7) is 6.24. The first-order valence-electron chi connectivity index (χ1n) is 11.6. The third kappa shape index (κ3) is 7.95. The molecule has 0 amide bonds. The number of β-amino-alcohol motifs (C(OH)–C–C–N with tert-alkyl or cyclic N) is 1. The third-order valence-corrected chi connectivity index (χ3v) is 6.62. The van der Waals surface area contributed by atoms with Crippen LogP contribution in [-0.2, 0) is 17.3 Å². The molecule has 2 atom stereocenters. The summed E-state index contributed by atoms with van der Waals surface area (Å²) in [5, 5.41) is 14.9. The number of alkyl halides is 3. The molecule has 0 saturated carbocycles. The fourth-order valence-corrected chi connectivity index (χ4v) is 4.32. The van der Waals surface area contributed by atoms with Crippen LogP contribution in [0, 0.1) is 0 Å². The molecule has 1 unspecified atom stereocenters. The van der Waals surface area contributed by atoms with Crippen LogP contribution in [0.1, 0.15) is 43.6 Å². The van der Waals surface area contributed by atoms with Crippen LogP contribution in [0.5, 0.6) is 0 Å². The lowest BCUT2D eigenvalue weighted by atomic mass is 9.94. The van der Waals surface area contributed by atoms with Gasteiger partial charge in [-0.3, -0.25) is 0 Å². The van der Waals surface area contributed by atoms with E-state index >= 15 is 0 Å². The Labute approximate surface area is 220 Å². The van der Waals surface area contributed by atoms with E-state index in [0.29, 0.717) is 34.1 Å². The summed E-state index contributed by atoms with van der Waals surface area (Å²) in [6, 6.07) is 17.9. The van der Waals surface area contributed by atoms with Crippen LogP contribution in [0.4, 0.5) is 13.2 Å². The average Bonchev–Trinajstić information content (AvgIpc) is 2.83. The number of halogens is 5. The number of nitrogens with one attached hydrogen (secondary N) is 1. The van der Waals surface area contributed by atoms with Crippen molar-refractivity contribution in [2.24, 2.45) is 0 Å². The van der Waals surface area contributed by atoms with Gasteiger partial charge in [-0.15, -0.1) is 0 Å². The van der Waals surface area contributed by atoms with Crippen molar-refractivity contribution in [3.8, 4) is 11.1 Å². The fraction of sp³-hybridized carbons (Fsp3) is 0.357. The monoisotopic (exact) mass is 539 g/mol. The smallest absolute Gasteiger partial charge is 0.389 e. The maximum atomic E-state index is 13.2. The van der Waals surface area contributed by atoms with E-state index in [0.717, 1.165) is 23.3 Å². The summed E-state index contributed by atoms with van der Waals surface area (Å²) < 4.78 is 45.5. The molecule has 3 rings (SSSR count). The number of aliphatic hydroxyl groups is 1. The molecule has 194 valence electrons. The van der Waals surface area contributed by atoms with Crippen LogP contribution >= 0.6 is 23.2 Å². The molecule has 0 fully saturated rings. The molecule has 0 aliphatic rings. The first-order valence-corrected chi connectivity index (χ1v) is 12.4. The molecular formula is C28H30Cl2F3NO2. The average molecular weight is 540 g/mol. The highest BCUT2D eigenvalue weighted by Crippen LogP contribution is 2.35. The Kier molecular flexibility index (Phi) is 9.47. The van der Waals surface area contributed by atoms with Gasteiger partial charge in [-0.05, 0) is 73.7 Å². The standard InChI is InChI=1S/C28H30Cl2F3NO2/c1-18(23-9-4-5-10-24(23)20-7-6-8-21(14-20)28(31,32)33)36-17-22(35)16-34-27(2,3)15-19-11-12-25(29)26(30)13-19/h4-14,18,22,34-35H,15-17H2,1-3H3/t18?,22-/m1/s1. The molecule has 0 radical (unpaired) electrons. The largest absolute Gasteiger partial charge is 0.416 e. The molecular weight excluding hydrogens is 510 g/mol. The van der Waals surface area contributed by atoms with Gasteiger partial charge in [0.1, 0.15) is 0 Å². The molecule has 36 heavy (non-hydrogen) atoms. The van der Waals surface area contributed by atoms with Crippen LogP contribution in [0.25, 0.3) is 11.1 Å². The Bertz CT molecular complexity index is 1170. The summed E-state index contributed by atoms with van der Waals surface area (Å²) in [7, 11) is 0. The molecule has 0 aliphatic carbocycles. The zero-order valence-electron chi connectivity index (χ0n) is 20.4. The molecule has 2 N–H and O–H groups in total. The quantitative estimate of drug-likeness (QED) is 0.277. The lowest BCUT2D eigenvalue weighted by molar-refractivity contribution is -0.137. The van der Waals surface area contributed by atoms with Crippen molar-refractivity contribution in [3.05, 3.63) is 93.5 Å². The lowest BCUT2D eigenvalue weighted by Crippen LogP contribution is -2.46. The lowest BCUT2D eigenvalue weighted by Gasteiger charge is -2.28. The van der Waals surface area contributed by atoms with E-state index < -0.39 is 23.9 Å². The number of hydrogen-bond acceptors (Lipinski definition) is 3. The summed E-state index contributed by atoms with van der Waals surface area (Å²) >= 11 is 12.1. The van der Waals surface area contributed by atoms with Gasteiger partial charge in [-0.1, -0.05) is 65.7 Å². The van der Waals surface area contributed by atoms with Gasteiger partial charge in [0, 0.05) is 12.1 Å². The highest BCUT2D eigenvalue weighted by atomic mass is 35.5. The van der Waals surface area contributed by atoms with E-state index in [1.54, 1.807) is 24.3 Å². The van der Waals surface area contributed by atoms with Crippen molar-refractivity contribution >= 4 is 23.2 Å². The minimum absolute atomic E-state index is 0.0634. The molecule has 3 aromatic rings. The van der Waals surface area contributed by atoms with Gasteiger partial charge >= 0.3 is 6.18 Å². The zero-order chi connectivity index (χ0) is 26.5. The van der Waals surface area contributed by atoms with Gasteiger partial charge in [0.15, 0.2) is 0 Å². The van der Waals surface area contributed by atoms with Gasteiger partial charge in [0.25, 0.3) is 0 Å². The first-order chi connectivity index (χ1) is 16.9. The molecule has 3 nitrogen and oxygen atoms in total. The molecule has 0 bridgehead atoms. The number of aliphatic hydroxyl groups excluding tert-OH is 1. The van der Waals surface area contributed by atoms with Gasteiger partial charge in [-0.25, -0.2) is 0 Å². The Hall–Kier alpha value is -2.09. The fourth-order valence-electron chi connectivity index (χ4n) is 4.00. The van der Waals surface area contributed by atoms with E-state index in [2.05, 4.69) is 5.32 Å². The zero-order valence-corrected chi connectivity index (χ0v) is 21.9. The molecule has 0 spiro atoms. The predicted molar refractivity (Wildman–Crippen MR) is 140 cm³/mol. The second kappa shape index (κ2) is 12.0. The molecule has 0 aliphatic heterocycles. The molecule has 8 heteroatoms. The van der Waals surface area contributed by atoms with Gasteiger partial charge < -0.3 is 15.2 Å². The maximum absolute atomic E-state index is 13.2. The van der Waals surface area contributed by atoms with Gasteiger partial charge in [0.2, 0.25) is 0 Å². The topological polar surface area (TPSA) is 41.5 Å². The van der Waals surface area contributed by atoms with Crippen molar-refractivity contribution in [2.75, 3.05) is 13.2 Å². The van der Waals surface area contributed by atoms with E-state index in [9.17, 15) is 18.3 Å². The molecule has 0 saturated heterocycles. The summed E-state index contributed by atoms with van der Waals surface area (Å²) in [5.74, 6) is 0. The first kappa shape index (κ1) is 28.5. The normalized spacial score (nSPS) is 14.0. The maximum Gasteiger partial charge on any atom is 0.416 e. The minimum atomic E-state index is -4.42. The number of hydrogen-bond donors (Lipinski definition) is 2. The predicted octanol–water partition coefficient (Wildman–Crippen LogP) is 7.73. The highest BCUT2D eigenvalue weighted by Gasteiger charge is 2.30. The van der Waals surface area contributed by atoms with E-state index in [4.69, 9.17) is 27.9 Å². The van der Waals surface area contributed by atoms with Gasteiger partial charge in [-0.2, -0.15) is 13.2 Å². The minimum Gasteiger partial charge on any atom is -0.389 e. The van der Waals surface area contributed by atoms with Crippen molar-refractivity contribution in [2.45, 2.75) is 51.1 Å². The van der Waals surface area contributed by atoms with Crippen molar-refractivity contribution in [1.82, 2.24) is 5.32 Å². The Morgan fingerprint density at radius 3 is 2.36 bits per heavy atom. The summed E-state index contributed by atoms with van der Waals surface area (Å²) in [6.07, 6.45) is -4.95. The van der Waals surface area contributed by atoms with Crippen molar-refractivity contribution in [3.63, 3.8) is 0 Å². The summed E-state index contributed by atoms with van der Waals surface area (Å²) in [4.78, 5) is 0. The SMILES string of the molecule is CC(OC[C@H](O)CNC(C)(C)Cc1ccc(Cl)c(Cl)c1)c1ccccc1-c1cccc(C(F)(F)F)c1. The summed E-state index contributed by atoms with van der Waals surface area (Å²) in [5.41, 5.74) is 1.87. The Morgan fingerprint density at radius 2 is 1.67 bits per heavy atom. The molecule has 3 aromatic carbocycles. The van der Waals surface area contributed by atoms with Gasteiger partial charge in [0.05, 0.1) is 34.4 Å². The van der Waals surface area contributed by atoms with Crippen molar-refractivity contribution < 1.29 is 23.0 Å². The highest BCUT2D eigenvalue weighted by molar-refractivity contribution is 6.42. The van der Waals surface area contributed by atoms with Crippen molar-refractivity contribution in [1.29, 1.82) is 0 Å². The van der Waals surface area contributed by atoms with E-state index in [-0.39, 0.29) is 12.1 Å². The number of benzene rings is 3. The third-order valence-electron chi connectivity index (χ3n) is 5.88. The van der Waals surface area contributed by atoms with Crippen LogP contribution in [-0.4, -0.2) is 29.9 Å². The van der Waals surface area contributed by atoms with Crippen LogP contribution in [0.15, 0.2) is 66.7 Å². The second-order valence-electron chi connectivity index (χ2n) is 9.49.